The summed E-state index contributed by atoms with van der Waals surface area (Å²) in [6.45, 7) is 7.38. The molecule has 0 aromatic heterocycles. The molecule has 256 valence electrons. The highest BCUT2D eigenvalue weighted by Crippen LogP contribution is 2.60. The number of nitrogens with zero attached hydrogens (tertiary/aromatic N) is 1. The van der Waals surface area contributed by atoms with Gasteiger partial charge >= 0.3 is 11.9 Å². The maximum Gasteiger partial charge on any atom is 0.328 e. The predicted molar refractivity (Wildman–Crippen MR) is 170 cm³/mol. The minimum atomic E-state index is -0.933. The monoisotopic (exact) mass is 684 g/mol. The average Bonchev–Trinajstić information content (AvgIpc) is 3.27. The Balaban J connectivity index is 1.16. The largest absolute Gasteiger partial charge is 0.467 e. The summed E-state index contributed by atoms with van der Waals surface area (Å²) in [7, 11) is 1.27. The maximum atomic E-state index is 13.0. The molecule has 0 radical (unpaired) electrons. The Labute approximate surface area is 280 Å². The van der Waals surface area contributed by atoms with E-state index in [-0.39, 0.29) is 37.0 Å². The summed E-state index contributed by atoms with van der Waals surface area (Å²) in [5.74, 6) is -1.17. The molecule has 2 bridgehead atoms. The van der Waals surface area contributed by atoms with Gasteiger partial charge in [-0.15, -0.1) is 23.2 Å². The third-order valence-electron chi connectivity index (χ3n) is 10.2. The number of carbonyl (C=O) groups is 3. The Hall–Kier alpha value is -2.15. The van der Waals surface area contributed by atoms with Crippen LogP contribution in [-0.4, -0.2) is 79.8 Å². The van der Waals surface area contributed by atoms with Crippen LogP contribution < -0.4 is 10.2 Å². The maximum absolute atomic E-state index is 13.0. The number of anilines is 1. The Morgan fingerprint density at radius 3 is 2.41 bits per heavy atom. The van der Waals surface area contributed by atoms with Crippen molar-refractivity contribution in [3.63, 3.8) is 0 Å². The number of benzene rings is 1. The Morgan fingerprint density at radius 1 is 1.02 bits per heavy atom. The van der Waals surface area contributed by atoms with E-state index in [1.807, 2.05) is 38.1 Å². The lowest BCUT2D eigenvalue weighted by molar-refractivity contribution is -0.576. The van der Waals surface area contributed by atoms with Gasteiger partial charge in [0.25, 0.3) is 0 Å². The van der Waals surface area contributed by atoms with Gasteiger partial charge in [0.15, 0.2) is 11.9 Å². The second kappa shape index (κ2) is 15.0. The van der Waals surface area contributed by atoms with Gasteiger partial charge in [0.1, 0.15) is 6.04 Å². The number of carbonyl (C=O) groups excluding carboxylic acids is 3. The van der Waals surface area contributed by atoms with Gasteiger partial charge in [-0.1, -0.05) is 26.0 Å². The lowest BCUT2D eigenvalue weighted by atomic mass is 9.58. The van der Waals surface area contributed by atoms with Crippen molar-refractivity contribution in [3.8, 4) is 0 Å². The summed E-state index contributed by atoms with van der Waals surface area (Å²) < 4.78 is 23.4. The van der Waals surface area contributed by atoms with Gasteiger partial charge in [-0.3, -0.25) is 9.59 Å². The molecule has 4 aliphatic heterocycles. The molecule has 9 atom stereocenters. The summed E-state index contributed by atoms with van der Waals surface area (Å²) >= 11 is 11.9. The van der Waals surface area contributed by atoms with Crippen LogP contribution in [0.2, 0.25) is 0 Å². The lowest BCUT2D eigenvalue weighted by Crippen LogP contribution is -2.70. The molecule has 1 amide bonds. The number of esters is 2. The van der Waals surface area contributed by atoms with Gasteiger partial charge < -0.3 is 29.2 Å². The molecule has 0 unspecified atom stereocenters. The molecule has 6 rings (SSSR count). The highest BCUT2D eigenvalue weighted by atomic mass is 35.5. The molecule has 13 heteroatoms. The number of amides is 1. The first kappa shape index (κ1) is 35.2. The van der Waals surface area contributed by atoms with Gasteiger partial charge in [-0.25, -0.2) is 14.6 Å². The first-order chi connectivity index (χ1) is 22.0. The standard InChI is InChI=1S/C33H46Cl2N2O9/c1-20-5-10-25-21(2)30(43-31-33(25)24(20)13-14-32(3,44-31)45-46-33)42-28(39)12-11-27(38)36-26(29(40)41-4)19-22-6-8-23(9-7-22)37(17-15-34)18-16-35/h6-9,20-21,24-26,30-31H,5,10-19H2,1-4H3,(H,36,38)/t20-,21-,24+,25+,26+,30-,31-,32-,33-/m1/s1. The van der Waals surface area contributed by atoms with Gasteiger partial charge in [-0.2, -0.15) is 0 Å². The van der Waals surface area contributed by atoms with Crippen molar-refractivity contribution in [2.75, 3.05) is 36.9 Å². The summed E-state index contributed by atoms with van der Waals surface area (Å²) in [6.07, 6.45) is 1.77. The highest BCUT2D eigenvalue weighted by molar-refractivity contribution is 6.18. The van der Waals surface area contributed by atoms with E-state index in [4.69, 9.17) is 51.9 Å². The molecule has 5 aliphatic rings. The molecular weight excluding hydrogens is 639 g/mol. The summed E-state index contributed by atoms with van der Waals surface area (Å²) in [4.78, 5) is 52.5. The van der Waals surface area contributed by atoms with Crippen molar-refractivity contribution in [1.82, 2.24) is 5.32 Å². The molecule has 1 aliphatic carbocycles. The van der Waals surface area contributed by atoms with Crippen molar-refractivity contribution in [2.45, 2.75) is 95.7 Å². The van der Waals surface area contributed by atoms with Gasteiger partial charge in [0, 0.05) is 61.6 Å². The quantitative estimate of drug-likeness (QED) is 0.178. The normalized spacial score (nSPS) is 33.7. The molecular formula is C33H46Cl2N2O9. The number of fused-ring (bicyclic) bond motifs is 2. The first-order valence-electron chi connectivity index (χ1n) is 16.3. The highest BCUT2D eigenvalue weighted by Gasteiger charge is 2.69. The third kappa shape index (κ3) is 7.29. The zero-order valence-corrected chi connectivity index (χ0v) is 28.5. The summed E-state index contributed by atoms with van der Waals surface area (Å²) in [5, 5.41) is 2.71. The Morgan fingerprint density at radius 2 is 1.74 bits per heavy atom. The van der Waals surface area contributed by atoms with E-state index >= 15 is 0 Å². The predicted octanol–water partition coefficient (Wildman–Crippen LogP) is 4.70. The molecule has 1 spiro atoms. The van der Waals surface area contributed by atoms with E-state index in [2.05, 4.69) is 17.1 Å². The molecule has 1 saturated carbocycles. The van der Waals surface area contributed by atoms with E-state index in [0.717, 1.165) is 30.5 Å². The molecule has 1 N–H and O–H groups in total. The van der Waals surface area contributed by atoms with Crippen LogP contribution >= 0.6 is 23.2 Å². The Kier molecular flexibility index (Phi) is 11.4. The van der Waals surface area contributed by atoms with E-state index in [1.54, 1.807) is 0 Å². The van der Waals surface area contributed by atoms with Crippen LogP contribution in [0.15, 0.2) is 24.3 Å². The van der Waals surface area contributed by atoms with Gasteiger partial charge in [0.2, 0.25) is 18.0 Å². The summed E-state index contributed by atoms with van der Waals surface area (Å²) in [6, 6.07) is 6.70. The van der Waals surface area contributed by atoms with Crippen LogP contribution in [0, 0.1) is 23.7 Å². The van der Waals surface area contributed by atoms with E-state index < -0.39 is 47.9 Å². The topological polar surface area (TPSA) is 122 Å². The van der Waals surface area contributed by atoms with E-state index in [1.165, 1.54) is 7.11 Å². The molecule has 5 fully saturated rings. The smallest absolute Gasteiger partial charge is 0.328 e. The second-order valence-electron chi connectivity index (χ2n) is 13.1. The van der Waals surface area contributed by atoms with Gasteiger partial charge in [0.05, 0.1) is 13.5 Å². The van der Waals surface area contributed by atoms with Crippen LogP contribution in [0.4, 0.5) is 5.69 Å². The Bertz CT molecular complexity index is 1230. The first-order valence-corrected chi connectivity index (χ1v) is 17.3. The molecule has 4 saturated heterocycles. The van der Waals surface area contributed by atoms with Crippen molar-refractivity contribution < 1.29 is 43.1 Å². The second-order valence-corrected chi connectivity index (χ2v) is 13.9. The fourth-order valence-electron chi connectivity index (χ4n) is 7.67. The van der Waals surface area contributed by atoms with E-state index in [0.29, 0.717) is 37.2 Å². The fourth-order valence-corrected chi connectivity index (χ4v) is 8.07. The van der Waals surface area contributed by atoms with Crippen LogP contribution in [-0.2, 0) is 49.5 Å². The number of hydrogen-bond donors (Lipinski definition) is 1. The zero-order valence-electron chi connectivity index (χ0n) is 27.0. The lowest BCUT2D eigenvalue weighted by Gasteiger charge is -2.59. The molecule has 1 aromatic rings. The van der Waals surface area contributed by atoms with Gasteiger partial charge in [-0.05, 0) is 55.7 Å². The van der Waals surface area contributed by atoms with E-state index in [9.17, 15) is 14.4 Å². The molecule has 4 heterocycles. The number of rotatable bonds is 13. The van der Waals surface area contributed by atoms with Crippen LogP contribution in [0.5, 0.6) is 0 Å². The number of methoxy groups -OCH3 is 1. The average molecular weight is 686 g/mol. The number of ether oxygens (including phenoxy) is 4. The number of hydrogen-bond acceptors (Lipinski definition) is 10. The number of alkyl halides is 2. The summed E-state index contributed by atoms with van der Waals surface area (Å²) in [5.41, 5.74) is 1.03. The SMILES string of the molecule is COC(=O)[C@H](Cc1ccc(N(CCCl)CCCl)cc1)NC(=O)CCC(=O)O[C@@H]1O[C@@H]2O[C@@]3(C)CC[C@H]4[C@H](C)CC[C@@H]([C@H]1C)[C@@]24OO3. The fraction of sp³-hybridized carbons (Fsp3) is 0.727. The van der Waals surface area contributed by atoms with Crippen molar-refractivity contribution in [3.05, 3.63) is 29.8 Å². The van der Waals surface area contributed by atoms with Crippen molar-refractivity contribution in [2.24, 2.45) is 23.7 Å². The minimum absolute atomic E-state index is 0.00908. The van der Waals surface area contributed by atoms with Crippen molar-refractivity contribution >= 4 is 46.7 Å². The molecule has 1 aromatic carbocycles. The van der Waals surface area contributed by atoms with Crippen LogP contribution in [0.1, 0.15) is 64.9 Å². The molecule has 11 nitrogen and oxygen atoms in total. The van der Waals surface area contributed by atoms with Crippen molar-refractivity contribution in [1.29, 1.82) is 0 Å². The number of nitrogens with one attached hydrogen (secondary N) is 1. The number of halogens is 2. The third-order valence-corrected chi connectivity index (χ3v) is 10.5. The van der Waals surface area contributed by atoms with Crippen LogP contribution in [0.3, 0.4) is 0 Å². The molecule has 46 heavy (non-hydrogen) atoms. The van der Waals surface area contributed by atoms with Crippen LogP contribution in [0.25, 0.3) is 0 Å². The minimum Gasteiger partial charge on any atom is -0.467 e. The zero-order chi connectivity index (χ0) is 33.1.